The maximum Gasteiger partial charge on any atom is 0.397 e. The summed E-state index contributed by atoms with van der Waals surface area (Å²) in [5.74, 6) is -1.15. The van der Waals surface area contributed by atoms with Crippen molar-refractivity contribution in [1.29, 1.82) is 5.41 Å². The van der Waals surface area contributed by atoms with E-state index in [0.29, 0.717) is 0 Å². The zero-order valence-electron chi connectivity index (χ0n) is 6.69. The van der Waals surface area contributed by atoms with E-state index in [0.717, 1.165) is 5.56 Å². The van der Waals surface area contributed by atoms with Crippen LogP contribution < -0.4 is 0 Å². The van der Waals surface area contributed by atoms with E-state index in [1.165, 1.54) is 0 Å². The first-order valence-electron chi connectivity index (χ1n) is 3.78. The summed E-state index contributed by atoms with van der Waals surface area (Å²) in [6.07, 6.45) is -0.749. The van der Waals surface area contributed by atoms with Gasteiger partial charge in [-0.2, -0.15) is 0 Å². The van der Waals surface area contributed by atoms with E-state index < -0.39 is 18.2 Å². The third-order valence-electron chi connectivity index (χ3n) is 1.70. The molecular weight excluding hydrogens is 170 g/mol. The fourth-order valence-electron chi connectivity index (χ4n) is 1.08. The Bertz CT molecular complexity index is 331. The molecule has 1 aromatic rings. The lowest BCUT2D eigenvalue weighted by atomic mass is 10.2. The largest absolute Gasteiger partial charge is 0.428 e. The molecule has 1 atom stereocenters. The maximum atomic E-state index is 10.8. The maximum absolute atomic E-state index is 10.8. The topological polar surface area (TPSA) is 59.4 Å². The van der Waals surface area contributed by atoms with Crippen LogP contribution in [0.2, 0.25) is 0 Å². The Balaban J connectivity index is 2.21. The lowest BCUT2D eigenvalue weighted by Gasteiger charge is -2.06. The minimum atomic E-state index is -0.749. The normalized spacial score (nSPS) is 21.1. The van der Waals surface area contributed by atoms with Gasteiger partial charge in [-0.3, -0.25) is 5.41 Å². The second-order valence-corrected chi connectivity index (χ2v) is 2.59. The Hall–Kier alpha value is -1.84. The van der Waals surface area contributed by atoms with Crippen molar-refractivity contribution in [2.24, 2.45) is 0 Å². The molecule has 4 heteroatoms. The van der Waals surface area contributed by atoms with Crippen molar-refractivity contribution in [3.8, 4) is 0 Å². The summed E-state index contributed by atoms with van der Waals surface area (Å²) < 4.78 is 9.65. The van der Waals surface area contributed by atoms with Crippen molar-refractivity contribution in [2.45, 2.75) is 6.29 Å². The van der Waals surface area contributed by atoms with Gasteiger partial charge in [0.25, 0.3) is 12.2 Å². The van der Waals surface area contributed by atoms with E-state index in [1.54, 1.807) is 12.1 Å². The van der Waals surface area contributed by atoms with E-state index in [1.807, 2.05) is 18.2 Å². The molecule has 4 nitrogen and oxygen atoms in total. The molecule has 1 N–H and O–H groups in total. The van der Waals surface area contributed by atoms with E-state index in [9.17, 15) is 4.79 Å². The van der Waals surface area contributed by atoms with Crippen molar-refractivity contribution in [2.75, 3.05) is 0 Å². The Morgan fingerprint density at radius 2 is 1.85 bits per heavy atom. The number of hydrogen-bond donors (Lipinski definition) is 1. The van der Waals surface area contributed by atoms with Crippen LogP contribution in [0.4, 0.5) is 0 Å². The van der Waals surface area contributed by atoms with Crippen LogP contribution in [0, 0.1) is 5.41 Å². The monoisotopic (exact) mass is 177 g/mol. The number of carbonyl (C=O) groups is 1. The molecule has 1 unspecified atom stereocenters. The highest BCUT2D eigenvalue weighted by atomic mass is 16.7. The number of cyclic esters (lactones) is 1. The molecule has 0 spiro atoms. The van der Waals surface area contributed by atoms with Crippen LogP contribution in [0.3, 0.4) is 0 Å². The molecule has 66 valence electrons. The van der Waals surface area contributed by atoms with Crippen LogP contribution in [-0.2, 0) is 14.3 Å². The highest BCUT2D eigenvalue weighted by molar-refractivity contribution is 6.32. The number of esters is 1. The number of benzene rings is 1. The molecule has 13 heavy (non-hydrogen) atoms. The molecule has 1 fully saturated rings. The predicted octanol–water partition coefficient (Wildman–Crippen LogP) is 1.24. The second kappa shape index (κ2) is 2.90. The average Bonchev–Trinajstić information content (AvgIpc) is 2.49. The number of hydrogen-bond acceptors (Lipinski definition) is 4. The number of ether oxygens (including phenoxy) is 2. The summed E-state index contributed by atoms with van der Waals surface area (Å²) in [5.41, 5.74) is 0.734. The van der Waals surface area contributed by atoms with Gasteiger partial charge in [-0.05, 0) is 0 Å². The standard InChI is InChI=1S/C9H7NO3/c10-7-8(11)13-9(12-7)6-4-2-1-3-5-6/h1-5,9-10H. The van der Waals surface area contributed by atoms with Gasteiger partial charge >= 0.3 is 5.97 Å². The van der Waals surface area contributed by atoms with Gasteiger partial charge < -0.3 is 9.47 Å². The quantitative estimate of drug-likeness (QED) is 0.656. The summed E-state index contributed by atoms with van der Waals surface area (Å²) in [4.78, 5) is 10.8. The molecule has 0 radical (unpaired) electrons. The van der Waals surface area contributed by atoms with Crippen molar-refractivity contribution >= 4 is 11.9 Å². The molecule has 0 aromatic heterocycles. The fourth-order valence-corrected chi connectivity index (χ4v) is 1.08. The Kier molecular flexibility index (Phi) is 1.73. The van der Waals surface area contributed by atoms with Gasteiger partial charge in [0, 0.05) is 5.56 Å². The molecule has 1 aromatic carbocycles. The smallest absolute Gasteiger partial charge is 0.397 e. The molecule has 0 saturated carbocycles. The number of nitrogens with one attached hydrogen (secondary N) is 1. The third kappa shape index (κ3) is 1.38. The van der Waals surface area contributed by atoms with Gasteiger partial charge in [-0.1, -0.05) is 30.3 Å². The SMILES string of the molecule is N=C1OC(c2ccccc2)OC1=O. The van der Waals surface area contributed by atoms with Gasteiger partial charge in [0.05, 0.1) is 0 Å². The molecule has 0 aliphatic carbocycles. The number of rotatable bonds is 1. The van der Waals surface area contributed by atoms with Crippen LogP contribution in [0.15, 0.2) is 30.3 Å². The van der Waals surface area contributed by atoms with E-state index in [4.69, 9.17) is 14.9 Å². The Morgan fingerprint density at radius 1 is 1.15 bits per heavy atom. The summed E-state index contributed by atoms with van der Waals surface area (Å²) in [5, 5.41) is 7.04. The van der Waals surface area contributed by atoms with E-state index in [-0.39, 0.29) is 0 Å². The first-order chi connectivity index (χ1) is 6.27. The van der Waals surface area contributed by atoms with E-state index >= 15 is 0 Å². The molecule has 0 bridgehead atoms. The van der Waals surface area contributed by atoms with Gasteiger partial charge in [0.1, 0.15) is 0 Å². The van der Waals surface area contributed by atoms with Gasteiger partial charge in [-0.25, -0.2) is 4.79 Å². The fraction of sp³-hybridized carbons (Fsp3) is 0.111. The molecular formula is C9H7NO3. The summed E-state index contributed by atoms with van der Waals surface area (Å²) in [6.45, 7) is 0. The van der Waals surface area contributed by atoms with Gasteiger partial charge in [0.15, 0.2) is 0 Å². The lowest BCUT2D eigenvalue weighted by molar-refractivity contribution is -0.143. The van der Waals surface area contributed by atoms with Crippen LogP contribution in [0.25, 0.3) is 0 Å². The zero-order chi connectivity index (χ0) is 9.26. The summed E-state index contributed by atoms with van der Waals surface area (Å²) in [7, 11) is 0. The third-order valence-corrected chi connectivity index (χ3v) is 1.70. The lowest BCUT2D eigenvalue weighted by Crippen LogP contribution is -2.04. The highest BCUT2D eigenvalue weighted by Gasteiger charge is 2.31. The molecule has 2 rings (SSSR count). The predicted molar refractivity (Wildman–Crippen MR) is 44.1 cm³/mol. The Morgan fingerprint density at radius 3 is 2.38 bits per heavy atom. The summed E-state index contributed by atoms with van der Waals surface area (Å²) in [6, 6.07) is 9.03. The molecule has 1 aliphatic rings. The van der Waals surface area contributed by atoms with E-state index in [2.05, 4.69) is 0 Å². The van der Waals surface area contributed by atoms with Crippen molar-refractivity contribution in [3.63, 3.8) is 0 Å². The van der Waals surface area contributed by atoms with Crippen molar-refractivity contribution in [1.82, 2.24) is 0 Å². The van der Waals surface area contributed by atoms with Gasteiger partial charge in [0.2, 0.25) is 0 Å². The Labute approximate surface area is 74.6 Å². The minimum Gasteiger partial charge on any atom is -0.428 e. The highest BCUT2D eigenvalue weighted by Crippen LogP contribution is 2.24. The van der Waals surface area contributed by atoms with Crippen LogP contribution in [0.1, 0.15) is 11.9 Å². The number of carbonyl (C=O) groups excluding carboxylic acids is 1. The second-order valence-electron chi connectivity index (χ2n) is 2.59. The molecule has 1 heterocycles. The first kappa shape index (κ1) is 7.79. The zero-order valence-corrected chi connectivity index (χ0v) is 6.69. The first-order valence-corrected chi connectivity index (χ1v) is 3.78. The van der Waals surface area contributed by atoms with Crippen molar-refractivity contribution < 1.29 is 14.3 Å². The van der Waals surface area contributed by atoms with Crippen LogP contribution >= 0.6 is 0 Å². The molecule has 1 aliphatic heterocycles. The van der Waals surface area contributed by atoms with Crippen LogP contribution in [-0.4, -0.2) is 11.9 Å². The molecule has 1 saturated heterocycles. The van der Waals surface area contributed by atoms with Crippen molar-refractivity contribution in [3.05, 3.63) is 35.9 Å². The minimum absolute atomic E-state index is 0.436. The molecule has 0 amide bonds. The van der Waals surface area contributed by atoms with Crippen LogP contribution in [0.5, 0.6) is 0 Å². The van der Waals surface area contributed by atoms with Gasteiger partial charge in [-0.15, -0.1) is 0 Å². The summed E-state index contributed by atoms with van der Waals surface area (Å²) >= 11 is 0. The average molecular weight is 177 g/mol.